The van der Waals surface area contributed by atoms with Crippen LogP contribution in [0.4, 0.5) is 0 Å². The van der Waals surface area contributed by atoms with Gasteiger partial charge in [0, 0.05) is 20.0 Å². The van der Waals surface area contributed by atoms with Crippen molar-refractivity contribution in [3.63, 3.8) is 0 Å². The number of guanidine groups is 1. The van der Waals surface area contributed by atoms with Gasteiger partial charge in [0.2, 0.25) is 0 Å². The molecule has 7 nitrogen and oxygen atoms in total. The lowest BCUT2D eigenvalue weighted by Gasteiger charge is -2.44. The fraction of sp³-hybridized carbons (Fsp3) is 0.900. The normalized spacial score (nSPS) is 21.3. The molecule has 0 spiro atoms. The summed E-state index contributed by atoms with van der Waals surface area (Å²) in [6.45, 7) is 11.4. The first-order valence-electron chi connectivity index (χ1n) is 10.7. The second kappa shape index (κ2) is 12.2. The molecule has 0 radical (unpaired) electrons. The molecule has 0 fully saturated rings. The molecular weight excluding hydrogens is 342 g/mol. The van der Waals surface area contributed by atoms with Crippen molar-refractivity contribution in [2.45, 2.75) is 104 Å². The number of nitrogens with one attached hydrogen (secondary N) is 4. The molecule has 0 bridgehead atoms. The Morgan fingerprint density at radius 1 is 1.00 bits per heavy atom. The largest absolute Gasteiger partial charge is 0.411 e. The van der Waals surface area contributed by atoms with Crippen molar-refractivity contribution in [1.82, 2.24) is 21.3 Å². The Morgan fingerprint density at radius 3 is 2.22 bits per heavy atom. The summed E-state index contributed by atoms with van der Waals surface area (Å²) in [7, 11) is 0. The van der Waals surface area contributed by atoms with E-state index in [9.17, 15) is 4.79 Å². The van der Waals surface area contributed by atoms with Crippen molar-refractivity contribution in [1.29, 1.82) is 0 Å². The highest BCUT2D eigenvalue weighted by atomic mass is 16.6. The summed E-state index contributed by atoms with van der Waals surface area (Å²) < 4.78 is 5.62. The molecule has 1 aliphatic heterocycles. The maximum Gasteiger partial charge on any atom is 0.307 e. The van der Waals surface area contributed by atoms with E-state index in [4.69, 9.17) is 4.74 Å². The monoisotopic (exact) mass is 383 g/mol. The number of ether oxygens (including phenoxy) is 1. The van der Waals surface area contributed by atoms with Gasteiger partial charge in [-0.15, -0.1) is 0 Å². The van der Waals surface area contributed by atoms with Gasteiger partial charge in [0.15, 0.2) is 5.96 Å². The predicted octanol–water partition coefficient (Wildman–Crippen LogP) is 3.18. The average molecular weight is 384 g/mol. The molecular formula is C20H41N5O2. The summed E-state index contributed by atoms with van der Waals surface area (Å²) in [5, 5.41) is 13.2. The third kappa shape index (κ3) is 9.96. The summed E-state index contributed by atoms with van der Waals surface area (Å²) in [6, 6.07) is 0. The van der Waals surface area contributed by atoms with Gasteiger partial charge >= 0.3 is 11.9 Å². The summed E-state index contributed by atoms with van der Waals surface area (Å²) in [4.78, 5) is 16.4. The van der Waals surface area contributed by atoms with Gasteiger partial charge in [-0.1, -0.05) is 58.8 Å². The van der Waals surface area contributed by atoms with E-state index in [2.05, 4.69) is 40.1 Å². The van der Waals surface area contributed by atoms with Gasteiger partial charge in [-0.3, -0.25) is 10.1 Å². The van der Waals surface area contributed by atoms with Crippen molar-refractivity contribution in [3.8, 4) is 0 Å². The molecule has 4 N–H and O–H groups in total. The van der Waals surface area contributed by atoms with Crippen LogP contribution >= 0.6 is 0 Å². The van der Waals surface area contributed by atoms with E-state index in [-0.39, 0.29) is 5.97 Å². The van der Waals surface area contributed by atoms with E-state index in [0.29, 0.717) is 5.96 Å². The van der Waals surface area contributed by atoms with Crippen LogP contribution in [0.5, 0.6) is 0 Å². The maximum absolute atomic E-state index is 11.7. The first-order valence-corrected chi connectivity index (χ1v) is 10.7. The second-order valence-corrected chi connectivity index (χ2v) is 7.87. The number of carbonyl (C=O) groups excluding carboxylic acids is 1. The van der Waals surface area contributed by atoms with Crippen LogP contribution in [-0.2, 0) is 9.53 Å². The van der Waals surface area contributed by atoms with Crippen LogP contribution < -0.4 is 21.3 Å². The number of esters is 1. The Bertz CT molecular complexity index is 467. The zero-order chi connectivity index (χ0) is 20.2. The van der Waals surface area contributed by atoms with Crippen LogP contribution in [-0.4, -0.2) is 36.7 Å². The summed E-state index contributed by atoms with van der Waals surface area (Å²) >= 11 is 0. The Balaban J connectivity index is 2.65. The highest BCUT2D eigenvalue weighted by Crippen LogP contribution is 2.16. The second-order valence-electron chi connectivity index (χ2n) is 7.87. The molecule has 0 aromatic rings. The quantitative estimate of drug-likeness (QED) is 0.222. The van der Waals surface area contributed by atoms with Gasteiger partial charge in [0.05, 0.1) is 0 Å². The van der Waals surface area contributed by atoms with E-state index < -0.39 is 11.6 Å². The molecule has 0 aliphatic carbocycles. The molecule has 158 valence electrons. The van der Waals surface area contributed by atoms with Crippen LogP contribution in [0.3, 0.4) is 0 Å². The standard InChI is InChI=1S/C20H41N5O2/c1-6-8-10-12-13-15-21-18-23-19(4,5)25-20(24-18,27-17(3)26)22-16-14-11-9-7-2/h22,25H,6-16H2,1-5H3,(H2,21,23,24). The zero-order valence-corrected chi connectivity index (χ0v) is 18.0. The molecule has 1 rings (SSSR count). The molecule has 0 aromatic carbocycles. The van der Waals surface area contributed by atoms with E-state index in [1.165, 1.54) is 45.4 Å². The van der Waals surface area contributed by atoms with Crippen molar-refractivity contribution in [2.24, 2.45) is 4.99 Å². The minimum Gasteiger partial charge on any atom is -0.411 e. The van der Waals surface area contributed by atoms with E-state index in [1.807, 2.05) is 13.8 Å². The molecule has 0 saturated carbocycles. The van der Waals surface area contributed by atoms with Gasteiger partial charge in [0.25, 0.3) is 0 Å². The van der Waals surface area contributed by atoms with Crippen molar-refractivity contribution in [3.05, 3.63) is 0 Å². The van der Waals surface area contributed by atoms with Crippen molar-refractivity contribution < 1.29 is 9.53 Å². The highest BCUT2D eigenvalue weighted by molar-refractivity contribution is 5.82. The van der Waals surface area contributed by atoms with Crippen molar-refractivity contribution in [2.75, 3.05) is 13.1 Å². The molecule has 1 unspecified atom stereocenters. The maximum atomic E-state index is 11.7. The van der Waals surface area contributed by atoms with Crippen LogP contribution in [0.25, 0.3) is 0 Å². The van der Waals surface area contributed by atoms with Crippen LogP contribution in [0, 0.1) is 0 Å². The smallest absolute Gasteiger partial charge is 0.307 e. The SMILES string of the molecule is CCCCCCCNC1=NC(C)(C)NC(NCCCCCC)(OC(C)=O)N1. The van der Waals surface area contributed by atoms with Gasteiger partial charge < -0.3 is 10.1 Å². The minimum absolute atomic E-state index is 0.354. The first-order chi connectivity index (χ1) is 12.8. The lowest BCUT2D eigenvalue weighted by Crippen LogP contribution is -2.77. The summed E-state index contributed by atoms with van der Waals surface area (Å²) in [6.07, 6.45) is 10.7. The Labute approximate surface area is 165 Å². The number of unbranched alkanes of at least 4 members (excludes halogenated alkanes) is 7. The average Bonchev–Trinajstić information content (AvgIpc) is 2.55. The van der Waals surface area contributed by atoms with Gasteiger partial charge in [-0.05, 0) is 26.7 Å². The third-order valence-corrected chi connectivity index (χ3v) is 4.44. The summed E-state index contributed by atoms with van der Waals surface area (Å²) in [5.41, 5.74) is -0.568. The molecule has 0 amide bonds. The molecule has 1 aliphatic rings. The lowest BCUT2D eigenvalue weighted by molar-refractivity contribution is -0.173. The number of nitrogens with zero attached hydrogens (tertiary/aromatic N) is 1. The molecule has 0 aromatic heterocycles. The van der Waals surface area contributed by atoms with Gasteiger partial charge in [-0.25, -0.2) is 15.6 Å². The van der Waals surface area contributed by atoms with Gasteiger partial charge in [0.1, 0.15) is 5.66 Å². The van der Waals surface area contributed by atoms with Crippen LogP contribution in [0.15, 0.2) is 4.99 Å². The number of carbonyl (C=O) groups is 1. The third-order valence-electron chi connectivity index (χ3n) is 4.44. The van der Waals surface area contributed by atoms with Crippen LogP contribution in [0.1, 0.15) is 92.4 Å². The minimum atomic E-state index is -1.14. The molecule has 0 saturated heterocycles. The Morgan fingerprint density at radius 2 is 1.59 bits per heavy atom. The number of hydrogen-bond acceptors (Lipinski definition) is 7. The fourth-order valence-electron chi connectivity index (χ4n) is 3.19. The molecule has 27 heavy (non-hydrogen) atoms. The van der Waals surface area contributed by atoms with Crippen LogP contribution in [0.2, 0.25) is 0 Å². The van der Waals surface area contributed by atoms with E-state index in [0.717, 1.165) is 32.4 Å². The number of aliphatic imine (C=N–C) groups is 1. The molecule has 1 heterocycles. The number of hydrogen-bond donors (Lipinski definition) is 4. The van der Waals surface area contributed by atoms with E-state index in [1.54, 1.807) is 0 Å². The lowest BCUT2D eigenvalue weighted by atomic mass is 10.1. The Kier molecular flexibility index (Phi) is 10.7. The zero-order valence-electron chi connectivity index (χ0n) is 18.0. The first kappa shape index (κ1) is 23.7. The molecule has 1 atom stereocenters. The summed E-state index contributed by atoms with van der Waals surface area (Å²) in [5.74, 6) is -0.849. The van der Waals surface area contributed by atoms with Gasteiger partial charge in [-0.2, -0.15) is 0 Å². The Hall–Kier alpha value is -1.34. The van der Waals surface area contributed by atoms with Crippen molar-refractivity contribution >= 4 is 11.9 Å². The number of rotatable bonds is 13. The molecule has 7 heteroatoms. The predicted molar refractivity (Wildman–Crippen MR) is 111 cm³/mol. The topological polar surface area (TPSA) is 86.8 Å². The fourth-order valence-corrected chi connectivity index (χ4v) is 3.19. The van der Waals surface area contributed by atoms with E-state index >= 15 is 0 Å². The highest BCUT2D eigenvalue weighted by Gasteiger charge is 2.43.